The highest BCUT2D eigenvalue weighted by Gasteiger charge is 2.31. The molecular formula is C21H26ClN3O3S2. The Hall–Kier alpha value is -1.74. The molecule has 6 nitrogen and oxygen atoms in total. The first-order valence-electron chi connectivity index (χ1n) is 9.76. The number of anilines is 1. The molecule has 2 aromatic rings. The predicted octanol–water partition coefficient (Wildman–Crippen LogP) is 3.09. The quantitative estimate of drug-likeness (QED) is 0.646. The van der Waals surface area contributed by atoms with Crippen LogP contribution in [0, 0.1) is 0 Å². The summed E-state index contributed by atoms with van der Waals surface area (Å²) in [5, 5.41) is 0.459. The highest BCUT2D eigenvalue weighted by Crippen LogP contribution is 2.18. The normalized spacial score (nSPS) is 15.8. The smallest absolute Gasteiger partial charge is 0.241 e. The van der Waals surface area contributed by atoms with E-state index in [1.165, 1.54) is 24.3 Å². The number of benzene rings is 2. The van der Waals surface area contributed by atoms with Crippen LogP contribution in [0.15, 0.2) is 59.5 Å². The number of thioether (sulfide) groups is 1. The summed E-state index contributed by atoms with van der Waals surface area (Å²) in [5.74, 6) is 0.512. The number of para-hydroxylation sites is 1. The highest BCUT2D eigenvalue weighted by atomic mass is 35.5. The summed E-state index contributed by atoms with van der Waals surface area (Å²) < 4.78 is 28.2. The monoisotopic (exact) mass is 467 g/mol. The average Bonchev–Trinajstić information content (AvgIpc) is 2.77. The van der Waals surface area contributed by atoms with E-state index in [4.69, 9.17) is 11.6 Å². The molecule has 30 heavy (non-hydrogen) atoms. The fourth-order valence-electron chi connectivity index (χ4n) is 3.38. The Kier molecular flexibility index (Phi) is 8.05. The lowest BCUT2D eigenvalue weighted by atomic mass is 10.2. The van der Waals surface area contributed by atoms with Gasteiger partial charge in [-0.25, -0.2) is 8.42 Å². The van der Waals surface area contributed by atoms with E-state index < -0.39 is 16.1 Å². The van der Waals surface area contributed by atoms with Crippen molar-refractivity contribution in [3.63, 3.8) is 0 Å². The van der Waals surface area contributed by atoms with Gasteiger partial charge < -0.3 is 9.80 Å². The number of rotatable bonds is 8. The van der Waals surface area contributed by atoms with Crippen molar-refractivity contribution in [1.29, 1.82) is 0 Å². The number of carbonyl (C=O) groups is 1. The minimum Gasteiger partial charge on any atom is -0.368 e. The molecule has 0 aromatic heterocycles. The SMILES string of the molecule is CSCCC(NS(=O)(=O)c1ccc(Cl)cc1)C(=O)N1CCN(c2ccccc2)CC1. The van der Waals surface area contributed by atoms with E-state index in [1.54, 1.807) is 16.7 Å². The summed E-state index contributed by atoms with van der Waals surface area (Å²) in [4.78, 5) is 17.3. The van der Waals surface area contributed by atoms with Gasteiger partial charge in [-0.3, -0.25) is 4.79 Å². The van der Waals surface area contributed by atoms with Gasteiger partial charge in [0.2, 0.25) is 15.9 Å². The third-order valence-electron chi connectivity index (χ3n) is 5.04. The third kappa shape index (κ3) is 5.91. The molecule has 0 spiro atoms. The second kappa shape index (κ2) is 10.5. The summed E-state index contributed by atoms with van der Waals surface area (Å²) in [7, 11) is -3.82. The molecule has 0 aliphatic carbocycles. The maximum absolute atomic E-state index is 13.2. The molecule has 1 unspecified atom stereocenters. The lowest BCUT2D eigenvalue weighted by Crippen LogP contribution is -2.55. The molecule has 1 heterocycles. The molecule has 9 heteroatoms. The zero-order valence-corrected chi connectivity index (χ0v) is 19.2. The molecule has 1 amide bonds. The number of halogens is 1. The van der Waals surface area contributed by atoms with Gasteiger partial charge in [-0.15, -0.1) is 0 Å². The van der Waals surface area contributed by atoms with Crippen molar-refractivity contribution in [3.05, 3.63) is 59.6 Å². The average molecular weight is 468 g/mol. The summed E-state index contributed by atoms with van der Waals surface area (Å²) >= 11 is 7.45. The number of hydrogen-bond acceptors (Lipinski definition) is 5. The van der Waals surface area contributed by atoms with Crippen LogP contribution in [0.25, 0.3) is 0 Å². The fourth-order valence-corrected chi connectivity index (χ4v) is 5.20. The summed E-state index contributed by atoms with van der Waals surface area (Å²) in [6, 6.07) is 15.2. The molecule has 1 N–H and O–H groups in total. The molecule has 1 aliphatic heterocycles. The van der Waals surface area contributed by atoms with Crippen LogP contribution in [0.2, 0.25) is 5.02 Å². The molecule has 1 fully saturated rings. The molecule has 162 valence electrons. The van der Waals surface area contributed by atoms with E-state index >= 15 is 0 Å². The van der Waals surface area contributed by atoms with Crippen molar-refractivity contribution < 1.29 is 13.2 Å². The van der Waals surface area contributed by atoms with Crippen LogP contribution < -0.4 is 9.62 Å². The Labute approximate surface area is 187 Å². The van der Waals surface area contributed by atoms with Crippen molar-refractivity contribution in [2.24, 2.45) is 0 Å². The number of carbonyl (C=O) groups excluding carboxylic acids is 1. The van der Waals surface area contributed by atoms with E-state index in [-0.39, 0.29) is 10.8 Å². The van der Waals surface area contributed by atoms with Crippen LogP contribution in [0.3, 0.4) is 0 Å². The van der Waals surface area contributed by atoms with Gasteiger partial charge in [0.1, 0.15) is 6.04 Å². The molecule has 1 atom stereocenters. The van der Waals surface area contributed by atoms with E-state index in [1.807, 2.05) is 24.5 Å². The zero-order chi connectivity index (χ0) is 21.6. The van der Waals surface area contributed by atoms with Gasteiger partial charge in [0.25, 0.3) is 0 Å². The van der Waals surface area contributed by atoms with Crippen molar-refractivity contribution >= 4 is 45.0 Å². The fraction of sp³-hybridized carbons (Fsp3) is 0.381. The van der Waals surface area contributed by atoms with Crippen LogP contribution >= 0.6 is 23.4 Å². The van der Waals surface area contributed by atoms with Gasteiger partial charge in [-0.2, -0.15) is 16.5 Å². The Bertz CT molecular complexity index is 932. The maximum Gasteiger partial charge on any atom is 0.241 e. The van der Waals surface area contributed by atoms with Gasteiger partial charge in [0.15, 0.2) is 0 Å². The van der Waals surface area contributed by atoms with Crippen LogP contribution in [0.4, 0.5) is 5.69 Å². The number of sulfonamides is 1. The van der Waals surface area contributed by atoms with E-state index in [0.29, 0.717) is 30.3 Å². The van der Waals surface area contributed by atoms with Gasteiger partial charge in [-0.05, 0) is 54.8 Å². The zero-order valence-electron chi connectivity index (χ0n) is 16.8. The lowest BCUT2D eigenvalue weighted by molar-refractivity contribution is -0.133. The topological polar surface area (TPSA) is 69.7 Å². The Morgan fingerprint density at radius 3 is 2.30 bits per heavy atom. The lowest BCUT2D eigenvalue weighted by Gasteiger charge is -2.37. The number of nitrogens with zero attached hydrogens (tertiary/aromatic N) is 2. The summed E-state index contributed by atoms with van der Waals surface area (Å²) in [6.07, 6.45) is 2.37. The predicted molar refractivity (Wildman–Crippen MR) is 124 cm³/mol. The minimum absolute atomic E-state index is 0.0998. The van der Waals surface area contributed by atoms with Gasteiger partial charge >= 0.3 is 0 Å². The largest absolute Gasteiger partial charge is 0.368 e. The second-order valence-corrected chi connectivity index (χ2v) is 10.2. The van der Waals surface area contributed by atoms with Gasteiger partial charge in [0, 0.05) is 36.9 Å². The van der Waals surface area contributed by atoms with Crippen LogP contribution in [-0.2, 0) is 14.8 Å². The van der Waals surface area contributed by atoms with Crippen molar-refractivity contribution in [3.8, 4) is 0 Å². The first kappa shape index (κ1) is 22.9. The molecule has 0 radical (unpaired) electrons. The summed E-state index contributed by atoms with van der Waals surface area (Å²) in [5.41, 5.74) is 1.13. The maximum atomic E-state index is 13.2. The first-order chi connectivity index (χ1) is 14.4. The second-order valence-electron chi connectivity index (χ2n) is 7.06. The van der Waals surface area contributed by atoms with Gasteiger partial charge in [0.05, 0.1) is 4.90 Å². The molecule has 3 rings (SSSR count). The Morgan fingerprint density at radius 2 is 1.70 bits per heavy atom. The Balaban J connectivity index is 1.67. The molecular weight excluding hydrogens is 442 g/mol. The first-order valence-corrected chi connectivity index (χ1v) is 13.0. The number of nitrogens with one attached hydrogen (secondary N) is 1. The van der Waals surface area contributed by atoms with Crippen LogP contribution in [-0.4, -0.2) is 63.5 Å². The number of amides is 1. The minimum atomic E-state index is -3.82. The highest BCUT2D eigenvalue weighted by molar-refractivity contribution is 7.98. The molecule has 1 saturated heterocycles. The van der Waals surface area contributed by atoms with E-state index in [0.717, 1.165) is 18.8 Å². The third-order valence-corrected chi connectivity index (χ3v) is 7.43. The van der Waals surface area contributed by atoms with Crippen LogP contribution in [0.5, 0.6) is 0 Å². The number of hydrogen-bond donors (Lipinski definition) is 1. The summed E-state index contributed by atoms with van der Waals surface area (Å²) in [6.45, 7) is 2.56. The molecule has 2 aromatic carbocycles. The van der Waals surface area contributed by atoms with Crippen molar-refractivity contribution in [1.82, 2.24) is 9.62 Å². The number of piperazine rings is 1. The van der Waals surface area contributed by atoms with E-state index in [9.17, 15) is 13.2 Å². The standard InChI is InChI=1S/C21H26ClN3O3S2/c1-29-16-11-20(23-30(27,28)19-9-7-17(22)8-10-19)21(26)25-14-12-24(13-15-25)18-5-3-2-4-6-18/h2-10,20,23H,11-16H2,1H3. The van der Waals surface area contributed by atoms with Crippen LogP contribution in [0.1, 0.15) is 6.42 Å². The van der Waals surface area contributed by atoms with E-state index in [2.05, 4.69) is 21.8 Å². The van der Waals surface area contributed by atoms with Crippen molar-refractivity contribution in [2.45, 2.75) is 17.4 Å². The van der Waals surface area contributed by atoms with Gasteiger partial charge in [-0.1, -0.05) is 29.8 Å². The molecule has 0 saturated carbocycles. The molecule has 0 bridgehead atoms. The Morgan fingerprint density at radius 1 is 1.07 bits per heavy atom. The van der Waals surface area contributed by atoms with Crippen molar-refractivity contribution in [2.75, 3.05) is 43.1 Å². The molecule has 1 aliphatic rings.